The van der Waals surface area contributed by atoms with E-state index in [1.807, 2.05) is 42.7 Å². The average Bonchev–Trinajstić information content (AvgIpc) is 3.30. The summed E-state index contributed by atoms with van der Waals surface area (Å²) in [5, 5.41) is 9.51. The molecule has 0 aliphatic carbocycles. The van der Waals surface area contributed by atoms with Gasteiger partial charge in [0.25, 0.3) is 0 Å². The Morgan fingerprint density at radius 1 is 1.27 bits per heavy atom. The Bertz CT molecular complexity index is 836. The van der Waals surface area contributed by atoms with Gasteiger partial charge in [-0.05, 0) is 38.3 Å². The summed E-state index contributed by atoms with van der Waals surface area (Å²) in [5.74, 6) is -0.152. The van der Waals surface area contributed by atoms with E-state index in [1.165, 1.54) is 5.56 Å². The molecule has 0 bridgehead atoms. The van der Waals surface area contributed by atoms with Crippen LogP contribution in [0.2, 0.25) is 0 Å². The van der Waals surface area contributed by atoms with Gasteiger partial charge in [0.05, 0.1) is 6.20 Å². The van der Waals surface area contributed by atoms with E-state index in [2.05, 4.69) is 20.4 Å². The van der Waals surface area contributed by atoms with Crippen LogP contribution in [-0.2, 0) is 16.0 Å². The van der Waals surface area contributed by atoms with E-state index in [4.69, 9.17) is 6.11 Å². The number of amides is 2. The predicted octanol–water partition coefficient (Wildman–Crippen LogP) is 2.36. The first kappa shape index (κ1) is 20.4. The second-order valence-electron chi connectivity index (χ2n) is 8.16. The third kappa shape index (κ3) is 6.32. The van der Waals surface area contributed by atoms with Gasteiger partial charge in [-0.2, -0.15) is 5.10 Å². The molecule has 1 aromatic carbocycles. The van der Waals surface area contributed by atoms with Crippen LogP contribution in [0.25, 0.3) is 0 Å². The van der Waals surface area contributed by atoms with Crippen LogP contribution in [-0.4, -0.2) is 70.3 Å². The van der Waals surface area contributed by atoms with Gasteiger partial charge in [-0.15, -0.1) is 0 Å². The Balaban J connectivity index is 1.60. The first-order valence-corrected chi connectivity index (χ1v) is 10.2. The highest BCUT2D eigenvalue weighted by atomic mass is 16.6. The number of carbonyl (C=O) groups excluding carboxylic acids is 2. The lowest BCUT2D eigenvalue weighted by molar-refractivity contribution is -0.135. The van der Waals surface area contributed by atoms with Crippen molar-refractivity contribution in [2.24, 2.45) is 0 Å². The number of benzene rings is 1. The molecule has 2 heterocycles. The van der Waals surface area contributed by atoms with Crippen molar-refractivity contribution in [2.45, 2.75) is 38.8 Å². The molecule has 0 radical (unpaired) electrons. The number of piperazine rings is 1. The van der Waals surface area contributed by atoms with Crippen LogP contribution in [0.15, 0.2) is 42.7 Å². The molecule has 3 rings (SSSR count). The summed E-state index contributed by atoms with van der Waals surface area (Å²) in [6.07, 6.45) is 3.95. The molecule has 8 heteroatoms. The zero-order valence-electron chi connectivity index (χ0n) is 18.6. The number of aromatic nitrogens is 2. The van der Waals surface area contributed by atoms with Crippen LogP contribution in [0.3, 0.4) is 0 Å². The first-order chi connectivity index (χ1) is 14.9. The summed E-state index contributed by atoms with van der Waals surface area (Å²) < 4.78 is 12.8. The summed E-state index contributed by atoms with van der Waals surface area (Å²) in [5.41, 5.74) is 0.950. The van der Waals surface area contributed by atoms with Crippen LogP contribution in [0, 0.1) is 0 Å². The van der Waals surface area contributed by atoms with Crippen LogP contribution < -0.4 is 5.32 Å². The van der Waals surface area contributed by atoms with Gasteiger partial charge in [-0.1, -0.05) is 30.3 Å². The lowest BCUT2D eigenvalue weighted by Gasteiger charge is -2.36. The van der Waals surface area contributed by atoms with E-state index in [9.17, 15) is 9.59 Å². The van der Waals surface area contributed by atoms with Gasteiger partial charge in [-0.25, -0.2) is 4.79 Å². The minimum atomic E-state index is -0.922. The largest absolute Gasteiger partial charge is 0.444 e. The van der Waals surface area contributed by atoms with Crippen molar-refractivity contribution >= 4 is 12.0 Å². The maximum atomic E-state index is 13.3. The first-order valence-electron chi connectivity index (χ1n) is 10.9. The second kappa shape index (κ2) is 9.75. The highest BCUT2D eigenvalue weighted by Gasteiger charge is 2.31. The van der Waals surface area contributed by atoms with E-state index in [-0.39, 0.29) is 12.8 Å². The molecular formula is C22H31N5O3. The quantitative estimate of drug-likeness (QED) is 0.757. The van der Waals surface area contributed by atoms with Gasteiger partial charge in [0, 0.05) is 40.3 Å². The molecule has 162 valence electrons. The summed E-state index contributed by atoms with van der Waals surface area (Å²) >= 11 is 0. The number of alkyl carbamates (subject to hydrolysis) is 1. The lowest BCUT2D eigenvalue weighted by Crippen LogP contribution is -2.52. The molecular weight excluding hydrogens is 382 g/mol. The van der Waals surface area contributed by atoms with Crippen molar-refractivity contribution in [3.8, 4) is 0 Å². The van der Waals surface area contributed by atoms with E-state index in [1.54, 1.807) is 18.7 Å². The molecule has 1 fully saturated rings. The third-order valence-electron chi connectivity index (χ3n) is 4.97. The second-order valence-corrected chi connectivity index (χ2v) is 8.16. The molecule has 1 aliphatic heterocycles. The van der Waals surface area contributed by atoms with Crippen LogP contribution in [0.1, 0.15) is 39.3 Å². The number of rotatable bonds is 6. The zero-order valence-corrected chi connectivity index (χ0v) is 17.6. The van der Waals surface area contributed by atoms with Gasteiger partial charge in [-0.3, -0.25) is 14.8 Å². The number of aromatic amines is 1. The minimum absolute atomic E-state index is 0.0643. The Kier molecular flexibility index (Phi) is 6.63. The Labute approximate surface area is 179 Å². The highest BCUT2D eigenvalue weighted by molar-refractivity contribution is 5.87. The number of ether oxygens (including phenoxy) is 1. The molecule has 1 aliphatic rings. The minimum Gasteiger partial charge on any atom is -0.444 e. The number of hydrogen-bond donors (Lipinski definition) is 2. The van der Waals surface area contributed by atoms with Crippen molar-refractivity contribution in [3.05, 3.63) is 53.9 Å². The van der Waals surface area contributed by atoms with Crippen molar-refractivity contribution in [2.75, 3.05) is 32.7 Å². The van der Waals surface area contributed by atoms with Crippen LogP contribution in [0.4, 0.5) is 4.79 Å². The maximum Gasteiger partial charge on any atom is 0.408 e. The molecule has 30 heavy (non-hydrogen) atoms. The standard InChI is InChI=1S/C22H31N5O3/c1-22(2,3)30-21(29)25-19(18-7-5-4-6-8-18)20(28)27-13-11-26(12-14-27)10-9-17-15-23-24-16-17/h4-8,15-16,19H,9-14H2,1-3H3,(H,23,24)(H,25,29)/i1D. The molecule has 0 saturated carbocycles. The zero-order chi connectivity index (χ0) is 22.3. The van der Waals surface area contributed by atoms with E-state index in [0.717, 1.165) is 26.1 Å². The highest BCUT2D eigenvalue weighted by Crippen LogP contribution is 2.19. The summed E-state index contributed by atoms with van der Waals surface area (Å²) in [6.45, 7) is 6.94. The lowest BCUT2D eigenvalue weighted by atomic mass is 10.1. The number of H-pyrrole nitrogens is 1. The topological polar surface area (TPSA) is 90.6 Å². The average molecular weight is 415 g/mol. The molecule has 0 spiro atoms. The molecule has 2 aromatic rings. The van der Waals surface area contributed by atoms with Gasteiger partial charge >= 0.3 is 6.09 Å². The Morgan fingerprint density at radius 3 is 2.63 bits per heavy atom. The monoisotopic (exact) mass is 414 g/mol. The molecule has 1 aromatic heterocycles. The number of hydrogen-bond acceptors (Lipinski definition) is 5. The number of nitrogens with zero attached hydrogens (tertiary/aromatic N) is 3. The Hall–Kier alpha value is -2.87. The molecule has 1 saturated heterocycles. The summed E-state index contributed by atoms with van der Waals surface area (Å²) in [4.78, 5) is 29.9. The smallest absolute Gasteiger partial charge is 0.408 e. The third-order valence-corrected chi connectivity index (χ3v) is 4.97. The van der Waals surface area contributed by atoms with Crippen molar-refractivity contribution in [3.63, 3.8) is 0 Å². The number of carbonyl (C=O) groups is 2. The molecule has 8 nitrogen and oxygen atoms in total. The van der Waals surface area contributed by atoms with Gasteiger partial charge in [0.1, 0.15) is 11.6 Å². The summed E-state index contributed by atoms with van der Waals surface area (Å²) in [6, 6.07) is 8.35. The van der Waals surface area contributed by atoms with Gasteiger partial charge in [0.15, 0.2) is 0 Å². The normalized spacial score (nSPS) is 16.6. The SMILES string of the molecule is [2H]CC(C)(C)OC(=O)NC(C(=O)N1CCN(CCc2cn[nH]c2)CC1)c1ccccc1. The molecule has 1 atom stereocenters. The number of nitrogens with one attached hydrogen (secondary N) is 2. The van der Waals surface area contributed by atoms with Gasteiger partial charge < -0.3 is 15.0 Å². The van der Waals surface area contributed by atoms with Crippen molar-refractivity contribution in [1.29, 1.82) is 0 Å². The van der Waals surface area contributed by atoms with E-state index in [0.29, 0.717) is 18.7 Å². The van der Waals surface area contributed by atoms with Crippen molar-refractivity contribution < 1.29 is 15.7 Å². The molecule has 1 unspecified atom stereocenters. The Morgan fingerprint density at radius 2 is 2.00 bits per heavy atom. The molecule has 2 amide bonds. The fraction of sp³-hybridized carbons (Fsp3) is 0.500. The van der Waals surface area contributed by atoms with E-state index < -0.39 is 17.7 Å². The fourth-order valence-electron chi connectivity index (χ4n) is 3.41. The van der Waals surface area contributed by atoms with Gasteiger partial charge in [0.2, 0.25) is 5.91 Å². The van der Waals surface area contributed by atoms with Crippen molar-refractivity contribution in [1.82, 2.24) is 25.3 Å². The predicted molar refractivity (Wildman–Crippen MR) is 114 cm³/mol. The maximum absolute atomic E-state index is 13.3. The summed E-state index contributed by atoms with van der Waals surface area (Å²) in [7, 11) is 0. The van der Waals surface area contributed by atoms with Crippen LogP contribution >= 0.6 is 0 Å². The van der Waals surface area contributed by atoms with Crippen LogP contribution in [0.5, 0.6) is 0 Å². The molecule has 2 N–H and O–H groups in total. The fourth-order valence-corrected chi connectivity index (χ4v) is 3.41. The van der Waals surface area contributed by atoms with E-state index >= 15 is 0 Å².